The van der Waals surface area contributed by atoms with Crippen molar-refractivity contribution in [2.24, 2.45) is 5.92 Å². The summed E-state index contributed by atoms with van der Waals surface area (Å²) in [7, 11) is 0. The molecule has 1 unspecified atom stereocenters. The van der Waals surface area contributed by atoms with Gasteiger partial charge >= 0.3 is 5.97 Å². The van der Waals surface area contributed by atoms with Crippen LogP contribution in [0.15, 0.2) is 24.3 Å². The Balaban J connectivity index is 1.50. The molecule has 2 saturated heterocycles. The Morgan fingerprint density at radius 2 is 1.92 bits per heavy atom. The van der Waals surface area contributed by atoms with Crippen molar-refractivity contribution in [1.82, 2.24) is 4.90 Å². The first kappa shape index (κ1) is 17.0. The summed E-state index contributed by atoms with van der Waals surface area (Å²) >= 11 is 0. The van der Waals surface area contributed by atoms with E-state index in [2.05, 4.69) is 0 Å². The average molecular weight is 331 g/mol. The van der Waals surface area contributed by atoms with Crippen molar-refractivity contribution >= 4 is 11.9 Å². The molecule has 5 heteroatoms. The maximum atomic E-state index is 12.3. The molecule has 0 aromatic heterocycles. The maximum Gasteiger partial charge on any atom is 0.335 e. The Hall–Kier alpha value is -1.88. The normalized spacial score (nSPS) is 21.8. The highest BCUT2D eigenvalue weighted by Crippen LogP contribution is 2.25. The molecule has 3 rings (SSSR count). The molecule has 2 aliphatic rings. The monoisotopic (exact) mass is 331 g/mol. The van der Waals surface area contributed by atoms with E-state index in [9.17, 15) is 14.7 Å². The predicted octanol–water partition coefficient (Wildman–Crippen LogP) is 2.74. The van der Waals surface area contributed by atoms with Gasteiger partial charge in [-0.1, -0.05) is 18.2 Å². The number of likely N-dealkylation sites (tertiary alicyclic amines) is 1. The van der Waals surface area contributed by atoms with Crippen LogP contribution >= 0.6 is 0 Å². The second-order valence-electron chi connectivity index (χ2n) is 6.83. The summed E-state index contributed by atoms with van der Waals surface area (Å²) in [5.41, 5.74) is 1.29. The first-order valence-corrected chi connectivity index (χ1v) is 8.84. The largest absolute Gasteiger partial charge is 0.478 e. The standard InChI is InChI=1S/C19H25NO4/c21-18(13-16-5-3-11-24-16)20-9-7-14(8-10-20)12-15-4-1-2-6-17(15)19(22)23/h1-2,4,6,14,16H,3,5,7-13H2,(H,22,23). The van der Waals surface area contributed by atoms with Crippen LogP contribution in [0.4, 0.5) is 0 Å². The summed E-state index contributed by atoms with van der Waals surface area (Å²) in [4.78, 5) is 25.6. The highest BCUT2D eigenvalue weighted by molar-refractivity contribution is 5.89. The van der Waals surface area contributed by atoms with Crippen LogP contribution < -0.4 is 0 Å². The van der Waals surface area contributed by atoms with Gasteiger partial charge in [0.2, 0.25) is 5.91 Å². The predicted molar refractivity (Wildman–Crippen MR) is 90.0 cm³/mol. The van der Waals surface area contributed by atoms with Gasteiger partial charge in [0, 0.05) is 19.7 Å². The fraction of sp³-hybridized carbons (Fsp3) is 0.579. The fourth-order valence-corrected chi connectivity index (χ4v) is 3.73. The molecular weight excluding hydrogens is 306 g/mol. The third kappa shape index (κ3) is 4.15. The van der Waals surface area contributed by atoms with Gasteiger partial charge in [0.05, 0.1) is 18.1 Å². The zero-order valence-electron chi connectivity index (χ0n) is 13.9. The Morgan fingerprint density at radius 1 is 1.17 bits per heavy atom. The Labute approximate surface area is 142 Å². The first-order valence-electron chi connectivity index (χ1n) is 8.84. The third-order valence-electron chi connectivity index (χ3n) is 5.15. The number of ether oxygens (including phenoxy) is 1. The van der Waals surface area contributed by atoms with Crippen LogP contribution in [0, 0.1) is 5.92 Å². The highest BCUT2D eigenvalue weighted by atomic mass is 16.5. The van der Waals surface area contributed by atoms with E-state index in [-0.39, 0.29) is 12.0 Å². The SMILES string of the molecule is O=C(O)c1ccccc1CC1CCN(C(=O)CC2CCCO2)CC1. The maximum absolute atomic E-state index is 12.3. The zero-order valence-corrected chi connectivity index (χ0v) is 13.9. The van der Waals surface area contributed by atoms with Crippen molar-refractivity contribution in [3.05, 3.63) is 35.4 Å². The van der Waals surface area contributed by atoms with Gasteiger partial charge in [0.25, 0.3) is 0 Å². The molecule has 0 spiro atoms. The number of carbonyl (C=O) groups is 2. The van der Waals surface area contributed by atoms with Crippen molar-refractivity contribution in [2.75, 3.05) is 19.7 Å². The molecule has 1 atom stereocenters. The topological polar surface area (TPSA) is 66.8 Å². The second kappa shape index (κ2) is 7.79. The van der Waals surface area contributed by atoms with E-state index in [0.717, 1.165) is 57.4 Å². The quantitative estimate of drug-likeness (QED) is 0.901. The molecule has 0 radical (unpaired) electrons. The lowest BCUT2D eigenvalue weighted by molar-refractivity contribution is -0.134. The molecule has 2 fully saturated rings. The van der Waals surface area contributed by atoms with Crippen LogP contribution in [-0.2, 0) is 16.0 Å². The Kier molecular flexibility index (Phi) is 5.51. The van der Waals surface area contributed by atoms with Gasteiger partial charge in [0.15, 0.2) is 0 Å². The number of piperidine rings is 1. The number of carboxylic acids is 1. The zero-order chi connectivity index (χ0) is 16.9. The average Bonchev–Trinajstić information content (AvgIpc) is 3.09. The summed E-state index contributed by atoms with van der Waals surface area (Å²) in [6.07, 6.45) is 5.31. The number of aromatic carboxylic acids is 1. The van der Waals surface area contributed by atoms with Crippen LogP contribution in [0.2, 0.25) is 0 Å². The van der Waals surface area contributed by atoms with Crippen LogP contribution in [0.5, 0.6) is 0 Å². The van der Waals surface area contributed by atoms with Crippen LogP contribution in [-0.4, -0.2) is 47.7 Å². The fourth-order valence-electron chi connectivity index (χ4n) is 3.73. The van der Waals surface area contributed by atoms with E-state index in [1.54, 1.807) is 12.1 Å². The van der Waals surface area contributed by atoms with Crippen LogP contribution in [0.3, 0.4) is 0 Å². The summed E-state index contributed by atoms with van der Waals surface area (Å²) in [6, 6.07) is 7.22. The number of carbonyl (C=O) groups excluding carboxylic acids is 1. The molecule has 5 nitrogen and oxygen atoms in total. The van der Waals surface area contributed by atoms with Crippen molar-refractivity contribution in [3.63, 3.8) is 0 Å². The van der Waals surface area contributed by atoms with Crippen molar-refractivity contribution in [2.45, 2.75) is 44.6 Å². The molecule has 0 aliphatic carbocycles. The smallest absolute Gasteiger partial charge is 0.335 e. The molecular formula is C19H25NO4. The van der Waals surface area contributed by atoms with E-state index in [1.807, 2.05) is 17.0 Å². The molecule has 2 heterocycles. The molecule has 24 heavy (non-hydrogen) atoms. The lowest BCUT2D eigenvalue weighted by Gasteiger charge is -2.32. The molecule has 2 aliphatic heterocycles. The van der Waals surface area contributed by atoms with Crippen LogP contribution in [0.25, 0.3) is 0 Å². The summed E-state index contributed by atoms with van der Waals surface area (Å²) in [6.45, 7) is 2.32. The van der Waals surface area contributed by atoms with Crippen molar-refractivity contribution in [1.29, 1.82) is 0 Å². The molecule has 0 bridgehead atoms. The van der Waals surface area contributed by atoms with Crippen molar-refractivity contribution in [3.8, 4) is 0 Å². The third-order valence-corrected chi connectivity index (χ3v) is 5.15. The minimum atomic E-state index is -0.866. The van der Waals surface area contributed by atoms with E-state index < -0.39 is 5.97 Å². The Morgan fingerprint density at radius 3 is 2.58 bits per heavy atom. The van der Waals surface area contributed by atoms with E-state index in [1.165, 1.54) is 0 Å². The molecule has 130 valence electrons. The van der Waals surface area contributed by atoms with Gasteiger partial charge in [-0.25, -0.2) is 4.79 Å². The lowest BCUT2D eigenvalue weighted by Crippen LogP contribution is -2.40. The lowest BCUT2D eigenvalue weighted by atomic mass is 9.88. The van der Waals surface area contributed by atoms with E-state index >= 15 is 0 Å². The van der Waals surface area contributed by atoms with Crippen molar-refractivity contribution < 1.29 is 19.4 Å². The van der Waals surface area contributed by atoms with Gasteiger partial charge in [-0.2, -0.15) is 0 Å². The van der Waals surface area contributed by atoms with Gasteiger partial charge < -0.3 is 14.7 Å². The summed E-state index contributed by atoms with van der Waals surface area (Å²) < 4.78 is 5.55. The van der Waals surface area contributed by atoms with Gasteiger partial charge in [-0.3, -0.25) is 4.79 Å². The van der Waals surface area contributed by atoms with Gasteiger partial charge in [-0.05, 0) is 49.7 Å². The first-order chi connectivity index (χ1) is 11.6. The minimum Gasteiger partial charge on any atom is -0.478 e. The minimum absolute atomic E-state index is 0.109. The van der Waals surface area contributed by atoms with Gasteiger partial charge in [0.1, 0.15) is 0 Å². The number of amides is 1. The molecule has 1 amide bonds. The Bertz CT molecular complexity index is 587. The number of hydrogen-bond donors (Lipinski definition) is 1. The number of nitrogens with zero attached hydrogens (tertiary/aromatic N) is 1. The summed E-state index contributed by atoms with van der Waals surface area (Å²) in [5, 5.41) is 9.28. The number of hydrogen-bond acceptors (Lipinski definition) is 3. The van der Waals surface area contributed by atoms with Gasteiger partial charge in [-0.15, -0.1) is 0 Å². The van der Waals surface area contributed by atoms with Crippen LogP contribution in [0.1, 0.15) is 48.0 Å². The highest BCUT2D eigenvalue weighted by Gasteiger charge is 2.27. The molecule has 1 aromatic carbocycles. The molecule has 1 N–H and O–H groups in total. The summed E-state index contributed by atoms with van der Waals surface area (Å²) in [5.74, 6) is -0.224. The van der Waals surface area contributed by atoms with E-state index in [4.69, 9.17) is 4.74 Å². The number of rotatable bonds is 5. The molecule has 0 saturated carbocycles. The number of benzene rings is 1. The number of carboxylic acid groups (broad SMARTS) is 1. The second-order valence-corrected chi connectivity index (χ2v) is 6.83. The van der Waals surface area contributed by atoms with E-state index in [0.29, 0.717) is 17.9 Å². The molecule has 1 aromatic rings.